The molecule has 2 aromatic rings. The van der Waals surface area contributed by atoms with E-state index in [1.165, 1.54) is 6.07 Å². The Balaban J connectivity index is 2.10. The topological polar surface area (TPSA) is 30.5 Å². The Labute approximate surface area is 124 Å². The van der Waals surface area contributed by atoms with Crippen LogP contribution in [0.25, 0.3) is 0 Å². The molecule has 1 N–H and O–H groups in total. The third kappa shape index (κ3) is 3.73. The molecule has 0 aromatic heterocycles. The molecule has 0 spiro atoms. The molecule has 2 aromatic carbocycles. The van der Waals surface area contributed by atoms with Crippen LogP contribution in [-0.4, -0.2) is 14.2 Å². The Morgan fingerprint density at radius 2 is 1.86 bits per heavy atom. The molecule has 0 aliphatic heterocycles. The fourth-order valence-electron chi connectivity index (χ4n) is 2.22. The first-order chi connectivity index (χ1) is 10.2. The quantitative estimate of drug-likeness (QED) is 0.879. The molecule has 0 aliphatic rings. The van der Waals surface area contributed by atoms with Crippen LogP contribution in [0.15, 0.2) is 42.5 Å². The van der Waals surface area contributed by atoms with Gasteiger partial charge in [0.05, 0.1) is 14.2 Å². The number of nitrogens with one attached hydrogen (secondary N) is 1. The molecule has 0 radical (unpaired) electrons. The van der Waals surface area contributed by atoms with Crippen LogP contribution in [0.4, 0.5) is 4.39 Å². The average molecular weight is 289 g/mol. The monoisotopic (exact) mass is 289 g/mol. The minimum absolute atomic E-state index is 0.0953. The Morgan fingerprint density at radius 1 is 1.10 bits per heavy atom. The highest BCUT2D eigenvalue weighted by Crippen LogP contribution is 2.25. The minimum atomic E-state index is -0.199. The molecular formula is C17H20FNO2. The summed E-state index contributed by atoms with van der Waals surface area (Å²) in [5, 5.41) is 3.31. The number of rotatable bonds is 6. The number of ether oxygens (including phenoxy) is 2. The Morgan fingerprint density at radius 3 is 2.52 bits per heavy atom. The molecule has 0 amide bonds. The summed E-state index contributed by atoms with van der Waals surface area (Å²) in [5.41, 5.74) is 1.62. The van der Waals surface area contributed by atoms with E-state index < -0.39 is 0 Å². The lowest BCUT2D eigenvalue weighted by atomic mass is 10.1. The number of benzene rings is 2. The third-order valence-electron chi connectivity index (χ3n) is 3.46. The van der Waals surface area contributed by atoms with E-state index in [1.807, 2.05) is 31.2 Å². The second-order valence-corrected chi connectivity index (χ2v) is 4.80. The summed E-state index contributed by atoms with van der Waals surface area (Å²) in [6.07, 6.45) is 0. The second kappa shape index (κ2) is 7.09. The highest BCUT2D eigenvalue weighted by atomic mass is 19.1. The van der Waals surface area contributed by atoms with Crippen LogP contribution in [0.2, 0.25) is 0 Å². The van der Waals surface area contributed by atoms with Gasteiger partial charge in [0.2, 0.25) is 0 Å². The van der Waals surface area contributed by atoms with E-state index in [1.54, 1.807) is 26.4 Å². The predicted molar refractivity (Wildman–Crippen MR) is 81.2 cm³/mol. The van der Waals surface area contributed by atoms with Gasteiger partial charge in [-0.3, -0.25) is 0 Å². The Bertz CT molecular complexity index is 601. The van der Waals surface area contributed by atoms with E-state index in [0.717, 1.165) is 17.1 Å². The lowest BCUT2D eigenvalue weighted by Crippen LogP contribution is -2.19. The zero-order chi connectivity index (χ0) is 15.2. The maximum atomic E-state index is 13.7. The molecule has 0 saturated carbocycles. The first-order valence-electron chi connectivity index (χ1n) is 6.84. The van der Waals surface area contributed by atoms with Crippen molar-refractivity contribution in [2.75, 3.05) is 14.2 Å². The number of halogens is 1. The van der Waals surface area contributed by atoms with Crippen molar-refractivity contribution in [3.8, 4) is 11.5 Å². The molecule has 112 valence electrons. The largest absolute Gasteiger partial charge is 0.497 e. The maximum Gasteiger partial charge on any atom is 0.127 e. The van der Waals surface area contributed by atoms with Crippen LogP contribution in [0.5, 0.6) is 11.5 Å². The van der Waals surface area contributed by atoms with Gasteiger partial charge in [-0.15, -0.1) is 0 Å². The van der Waals surface area contributed by atoms with E-state index in [4.69, 9.17) is 9.47 Å². The second-order valence-electron chi connectivity index (χ2n) is 4.80. The first kappa shape index (κ1) is 15.3. The standard InChI is InChI=1S/C17H20FNO2/c1-12(15-6-4-5-7-16(15)18)19-11-13-10-14(20-2)8-9-17(13)21-3/h4-10,12,19H,11H2,1-3H3/t12-/m1/s1. The molecule has 2 rings (SSSR count). The van der Waals surface area contributed by atoms with Gasteiger partial charge in [-0.1, -0.05) is 18.2 Å². The van der Waals surface area contributed by atoms with Crippen LogP contribution >= 0.6 is 0 Å². The smallest absolute Gasteiger partial charge is 0.127 e. The van der Waals surface area contributed by atoms with Gasteiger partial charge < -0.3 is 14.8 Å². The lowest BCUT2D eigenvalue weighted by Gasteiger charge is -2.17. The van der Waals surface area contributed by atoms with Crippen molar-refractivity contribution in [2.45, 2.75) is 19.5 Å². The average Bonchev–Trinajstić information content (AvgIpc) is 2.52. The summed E-state index contributed by atoms with van der Waals surface area (Å²) in [7, 11) is 3.26. The number of hydrogen-bond acceptors (Lipinski definition) is 3. The SMILES string of the molecule is COc1ccc(OC)c(CN[C@H](C)c2ccccc2F)c1. The summed E-state index contributed by atoms with van der Waals surface area (Å²) in [6.45, 7) is 2.50. The number of methoxy groups -OCH3 is 2. The summed E-state index contributed by atoms with van der Waals surface area (Å²) in [6, 6.07) is 12.3. The van der Waals surface area contributed by atoms with Gasteiger partial charge in [0.25, 0.3) is 0 Å². The normalized spacial score (nSPS) is 12.0. The van der Waals surface area contributed by atoms with Crippen LogP contribution in [0.1, 0.15) is 24.1 Å². The van der Waals surface area contributed by atoms with Gasteiger partial charge in [-0.05, 0) is 31.2 Å². The molecule has 3 nitrogen and oxygen atoms in total. The molecule has 0 saturated heterocycles. The van der Waals surface area contributed by atoms with Gasteiger partial charge >= 0.3 is 0 Å². The van der Waals surface area contributed by atoms with Crippen molar-refractivity contribution in [3.05, 3.63) is 59.4 Å². The molecule has 0 aliphatic carbocycles. The van der Waals surface area contributed by atoms with Crippen molar-refractivity contribution < 1.29 is 13.9 Å². The molecular weight excluding hydrogens is 269 g/mol. The van der Waals surface area contributed by atoms with Crippen LogP contribution < -0.4 is 14.8 Å². The fourth-order valence-corrected chi connectivity index (χ4v) is 2.22. The highest BCUT2D eigenvalue weighted by Gasteiger charge is 2.11. The minimum Gasteiger partial charge on any atom is -0.497 e. The molecule has 0 bridgehead atoms. The van der Waals surface area contributed by atoms with E-state index in [2.05, 4.69) is 5.32 Å². The summed E-state index contributed by atoms with van der Waals surface area (Å²) in [4.78, 5) is 0. The zero-order valence-electron chi connectivity index (χ0n) is 12.5. The lowest BCUT2D eigenvalue weighted by molar-refractivity contribution is 0.395. The zero-order valence-corrected chi connectivity index (χ0v) is 12.5. The van der Waals surface area contributed by atoms with Crippen LogP contribution in [-0.2, 0) is 6.54 Å². The molecule has 0 heterocycles. The van der Waals surface area contributed by atoms with Crippen molar-refractivity contribution in [2.24, 2.45) is 0 Å². The molecule has 21 heavy (non-hydrogen) atoms. The maximum absolute atomic E-state index is 13.7. The van der Waals surface area contributed by atoms with Crippen molar-refractivity contribution in [1.82, 2.24) is 5.32 Å². The Kier molecular flexibility index (Phi) is 5.17. The molecule has 4 heteroatoms. The van der Waals surface area contributed by atoms with Crippen molar-refractivity contribution in [3.63, 3.8) is 0 Å². The van der Waals surface area contributed by atoms with Gasteiger partial charge in [0.15, 0.2) is 0 Å². The van der Waals surface area contributed by atoms with E-state index in [9.17, 15) is 4.39 Å². The highest BCUT2D eigenvalue weighted by molar-refractivity contribution is 5.40. The predicted octanol–water partition coefficient (Wildman–Crippen LogP) is 3.69. The summed E-state index contributed by atoms with van der Waals surface area (Å²) in [5.74, 6) is 1.35. The summed E-state index contributed by atoms with van der Waals surface area (Å²) >= 11 is 0. The molecule has 0 fully saturated rings. The van der Waals surface area contributed by atoms with Gasteiger partial charge in [-0.25, -0.2) is 4.39 Å². The molecule has 0 unspecified atom stereocenters. The van der Waals surface area contributed by atoms with E-state index in [0.29, 0.717) is 12.1 Å². The number of hydrogen-bond donors (Lipinski definition) is 1. The Hall–Kier alpha value is -2.07. The van der Waals surface area contributed by atoms with Gasteiger partial charge in [0.1, 0.15) is 17.3 Å². The van der Waals surface area contributed by atoms with Gasteiger partial charge in [0, 0.05) is 23.7 Å². The summed E-state index contributed by atoms with van der Waals surface area (Å²) < 4.78 is 24.3. The molecule has 1 atom stereocenters. The van der Waals surface area contributed by atoms with Crippen molar-refractivity contribution in [1.29, 1.82) is 0 Å². The first-order valence-corrected chi connectivity index (χ1v) is 6.84. The van der Waals surface area contributed by atoms with Gasteiger partial charge in [-0.2, -0.15) is 0 Å². The fraction of sp³-hybridized carbons (Fsp3) is 0.294. The van der Waals surface area contributed by atoms with Crippen LogP contribution in [0, 0.1) is 5.82 Å². The van der Waals surface area contributed by atoms with Crippen LogP contribution in [0.3, 0.4) is 0 Å². The third-order valence-corrected chi connectivity index (χ3v) is 3.46. The van der Waals surface area contributed by atoms with E-state index in [-0.39, 0.29) is 11.9 Å². The van der Waals surface area contributed by atoms with Crippen molar-refractivity contribution >= 4 is 0 Å². The van der Waals surface area contributed by atoms with E-state index >= 15 is 0 Å².